The summed E-state index contributed by atoms with van der Waals surface area (Å²) >= 11 is 0. The maximum Gasteiger partial charge on any atom is 0.337 e. The van der Waals surface area contributed by atoms with E-state index in [1.807, 2.05) is 0 Å². The summed E-state index contributed by atoms with van der Waals surface area (Å²) in [6.45, 7) is 0.625. The minimum atomic E-state index is -3.26. The number of hydrogen-bond donors (Lipinski definition) is 2. The van der Waals surface area contributed by atoms with Gasteiger partial charge in [0.2, 0.25) is 0 Å². The number of aliphatic hydroxyl groups excluding tert-OH is 1. The van der Waals surface area contributed by atoms with E-state index in [9.17, 15) is 18.7 Å². The molecule has 2 N–H and O–H groups in total. The van der Waals surface area contributed by atoms with E-state index in [2.05, 4.69) is 0 Å². The molecule has 0 saturated carbocycles. The maximum absolute atomic E-state index is 13.3. The third-order valence-electron chi connectivity index (χ3n) is 2.27. The Bertz CT molecular complexity index is 426. The number of carboxylic acid groups (broad SMARTS) is 1. The maximum atomic E-state index is 13.3. The van der Waals surface area contributed by atoms with Crippen LogP contribution in [0.5, 0.6) is 5.75 Å². The van der Waals surface area contributed by atoms with Crippen molar-refractivity contribution >= 4 is 5.97 Å². The number of methoxy groups -OCH3 is 1. The molecule has 94 valence electrons. The monoisotopic (exact) mass is 246 g/mol. The molecular formula is C11H12F2O4. The van der Waals surface area contributed by atoms with Gasteiger partial charge in [-0.2, -0.15) is 0 Å². The van der Waals surface area contributed by atoms with Gasteiger partial charge >= 0.3 is 5.97 Å². The Hall–Kier alpha value is -1.69. The lowest BCUT2D eigenvalue weighted by Crippen LogP contribution is -2.19. The zero-order valence-corrected chi connectivity index (χ0v) is 9.28. The van der Waals surface area contributed by atoms with E-state index in [1.165, 1.54) is 19.2 Å². The van der Waals surface area contributed by atoms with Gasteiger partial charge in [0, 0.05) is 18.1 Å². The van der Waals surface area contributed by atoms with Gasteiger partial charge in [-0.1, -0.05) is 12.1 Å². The lowest BCUT2D eigenvalue weighted by Gasteiger charge is -2.20. The minimum absolute atomic E-state index is 0.0843. The normalized spacial score (nSPS) is 13.2. The first-order valence-electron chi connectivity index (χ1n) is 4.75. The number of hydrogen-bond acceptors (Lipinski definition) is 3. The van der Waals surface area contributed by atoms with E-state index in [0.717, 1.165) is 6.07 Å². The van der Waals surface area contributed by atoms with Crippen LogP contribution in [0.15, 0.2) is 18.2 Å². The highest BCUT2D eigenvalue weighted by molar-refractivity contribution is 5.76. The van der Waals surface area contributed by atoms with Crippen molar-refractivity contribution < 1.29 is 28.5 Å². The molecule has 4 nitrogen and oxygen atoms in total. The molecule has 17 heavy (non-hydrogen) atoms. The fraction of sp³-hybridized carbons (Fsp3) is 0.364. The number of aliphatic carboxylic acids is 1. The molecule has 0 heterocycles. The molecule has 0 radical (unpaired) electrons. The molecule has 6 heteroatoms. The van der Waals surface area contributed by atoms with Crippen LogP contribution in [0, 0.1) is 0 Å². The summed E-state index contributed by atoms with van der Waals surface area (Å²) in [5.74, 6) is -4.96. The Morgan fingerprint density at radius 2 is 2.06 bits per heavy atom. The zero-order valence-electron chi connectivity index (χ0n) is 9.28. The summed E-state index contributed by atoms with van der Waals surface area (Å²) in [4.78, 5) is 10.7. The number of alkyl halides is 2. The van der Waals surface area contributed by atoms with Crippen LogP contribution in [0.4, 0.5) is 8.78 Å². The number of carbonyl (C=O) groups is 1. The van der Waals surface area contributed by atoms with Gasteiger partial charge < -0.3 is 14.9 Å². The number of halogens is 2. The average molecular weight is 246 g/mol. The molecule has 1 atom stereocenters. The number of rotatable bonds is 4. The summed E-state index contributed by atoms with van der Waals surface area (Å²) in [6, 6.07) is 3.68. The van der Waals surface area contributed by atoms with Crippen molar-refractivity contribution in [1.29, 1.82) is 0 Å². The lowest BCUT2D eigenvalue weighted by atomic mass is 9.97. The van der Waals surface area contributed by atoms with Gasteiger partial charge in [0.1, 0.15) is 5.75 Å². The third-order valence-corrected chi connectivity index (χ3v) is 2.27. The van der Waals surface area contributed by atoms with Crippen LogP contribution in [-0.2, 0) is 10.7 Å². The lowest BCUT2D eigenvalue weighted by molar-refractivity contribution is -0.147. The highest BCUT2D eigenvalue weighted by Gasteiger charge is 2.34. The van der Waals surface area contributed by atoms with E-state index >= 15 is 0 Å². The Balaban J connectivity index is 3.46. The standard InChI is InChI=1S/C11H12F2O4/c1-11(12,13)6-4-3-5-7(17-2)8(6)9(14)10(15)16/h3-5,9,14H,1-2H3,(H,15,16). The van der Waals surface area contributed by atoms with E-state index in [-0.39, 0.29) is 5.75 Å². The summed E-state index contributed by atoms with van der Waals surface area (Å²) in [5, 5.41) is 18.1. The van der Waals surface area contributed by atoms with Crippen LogP contribution in [0.2, 0.25) is 0 Å². The SMILES string of the molecule is COc1cccc(C(C)(F)F)c1C(O)C(=O)O. The Labute approximate surface area is 96.5 Å². The van der Waals surface area contributed by atoms with Crippen LogP contribution < -0.4 is 4.74 Å². The fourth-order valence-corrected chi connectivity index (χ4v) is 1.51. The van der Waals surface area contributed by atoms with Gasteiger partial charge in [0.25, 0.3) is 5.92 Å². The second-order valence-corrected chi connectivity index (χ2v) is 3.55. The van der Waals surface area contributed by atoms with E-state index in [1.54, 1.807) is 0 Å². The van der Waals surface area contributed by atoms with E-state index in [4.69, 9.17) is 9.84 Å². The molecular weight excluding hydrogens is 234 g/mol. The first kappa shape index (κ1) is 13.4. The summed E-state index contributed by atoms with van der Waals surface area (Å²) in [7, 11) is 1.21. The first-order chi connectivity index (χ1) is 7.79. The number of aliphatic hydroxyl groups is 1. The third kappa shape index (κ3) is 2.71. The van der Waals surface area contributed by atoms with Crippen molar-refractivity contribution in [2.24, 2.45) is 0 Å². The fourth-order valence-electron chi connectivity index (χ4n) is 1.51. The molecule has 0 aliphatic heterocycles. The molecule has 0 saturated heterocycles. The van der Waals surface area contributed by atoms with E-state index < -0.39 is 29.1 Å². The number of ether oxygens (including phenoxy) is 1. The van der Waals surface area contributed by atoms with Crippen LogP contribution in [0.1, 0.15) is 24.2 Å². The Kier molecular flexibility index (Phi) is 3.67. The molecule has 1 unspecified atom stereocenters. The van der Waals surface area contributed by atoms with Crippen molar-refractivity contribution in [3.8, 4) is 5.75 Å². The van der Waals surface area contributed by atoms with Crippen LogP contribution >= 0.6 is 0 Å². The summed E-state index contributed by atoms with van der Waals surface area (Å²) in [6.07, 6.45) is -2.05. The molecule has 1 rings (SSSR count). The van der Waals surface area contributed by atoms with Gasteiger partial charge in [-0.3, -0.25) is 0 Å². The number of carboxylic acids is 1. The van der Waals surface area contributed by atoms with Crippen molar-refractivity contribution in [3.05, 3.63) is 29.3 Å². The molecule has 0 amide bonds. The van der Waals surface area contributed by atoms with Gasteiger partial charge in [0.15, 0.2) is 6.10 Å². The molecule has 0 bridgehead atoms. The largest absolute Gasteiger partial charge is 0.496 e. The van der Waals surface area contributed by atoms with Gasteiger partial charge in [0.05, 0.1) is 7.11 Å². The van der Waals surface area contributed by atoms with Crippen LogP contribution in [-0.4, -0.2) is 23.3 Å². The smallest absolute Gasteiger partial charge is 0.337 e. The van der Waals surface area contributed by atoms with Crippen molar-refractivity contribution in [3.63, 3.8) is 0 Å². The molecule has 1 aromatic rings. The van der Waals surface area contributed by atoms with Crippen molar-refractivity contribution in [1.82, 2.24) is 0 Å². The number of benzene rings is 1. The molecule has 1 aromatic carbocycles. The molecule has 0 aliphatic rings. The molecule has 0 spiro atoms. The Morgan fingerprint density at radius 3 is 2.47 bits per heavy atom. The first-order valence-corrected chi connectivity index (χ1v) is 4.75. The molecule has 0 aromatic heterocycles. The van der Waals surface area contributed by atoms with E-state index in [0.29, 0.717) is 6.92 Å². The zero-order chi connectivity index (χ0) is 13.2. The predicted molar refractivity (Wildman–Crippen MR) is 55.2 cm³/mol. The average Bonchev–Trinajstić information content (AvgIpc) is 2.25. The Morgan fingerprint density at radius 1 is 1.47 bits per heavy atom. The van der Waals surface area contributed by atoms with Crippen molar-refractivity contribution in [2.45, 2.75) is 19.0 Å². The van der Waals surface area contributed by atoms with Crippen LogP contribution in [0.25, 0.3) is 0 Å². The second kappa shape index (κ2) is 4.67. The summed E-state index contributed by atoms with van der Waals surface area (Å²) in [5.41, 5.74) is -0.984. The van der Waals surface area contributed by atoms with Crippen LogP contribution in [0.3, 0.4) is 0 Å². The van der Waals surface area contributed by atoms with Gasteiger partial charge in [-0.05, 0) is 6.07 Å². The molecule has 0 aliphatic carbocycles. The predicted octanol–water partition coefficient (Wildman–Crippen LogP) is 1.92. The topological polar surface area (TPSA) is 66.8 Å². The van der Waals surface area contributed by atoms with Crippen molar-refractivity contribution in [2.75, 3.05) is 7.11 Å². The molecule has 0 fully saturated rings. The quantitative estimate of drug-likeness (QED) is 0.851. The highest BCUT2D eigenvalue weighted by Crippen LogP contribution is 2.37. The van der Waals surface area contributed by atoms with Gasteiger partial charge in [-0.25, -0.2) is 13.6 Å². The summed E-state index contributed by atoms with van der Waals surface area (Å²) < 4.78 is 31.4. The highest BCUT2D eigenvalue weighted by atomic mass is 19.3. The minimum Gasteiger partial charge on any atom is -0.496 e. The second-order valence-electron chi connectivity index (χ2n) is 3.55. The van der Waals surface area contributed by atoms with Gasteiger partial charge in [-0.15, -0.1) is 0 Å².